The van der Waals surface area contributed by atoms with Gasteiger partial charge in [-0.05, 0) is 42.3 Å². The molecule has 2 aromatic heterocycles. The number of nitrogens with zero attached hydrogens (tertiary/aromatic N) is 4. The monoisotopic (exact) mass is 373 g/mol. The molecule has 4 aromatic rings. The lowest BCUT2D eigenvalue weighted by Gasteiger charge is -2.25. The Balaban J connectivity index is 1.29. The van der Waals surface area contributed by atoms with E-state index in [1.807, 2.05) is 48.8 Å². The van der Waals surface area contributed by atoms with Crippen molar-refractivity contribution < 1.29 is 4.39 Å². The Hall–Kier alpha value is -3.25. The molecule has 1 aliphatic heterocycles. The maximum absolute atomic E-state index is 13.4. The number of hydrogen-bond acceptors (Lipinski definition) is 3. The molecule has 5 rings (SSSR count). The minimum Gasteiger partial charge on any atom is -0.360 e. The number of H-pyrrole nitrogens is 1. The molecule has 0 fully saturated rings. The summed E-state index contributed by atoms with van der Waals surface area (Å²) < 4.78 is 13.4. The van der Waals surface area contributed by atoms with Crippen molar-refractivity contribution in [3.8, 4) is 5.69 Å². The molecule has 0 unspecified atom stereocenters. The number of rotatable bonds is 4. The van der Waals surface area contributed by atoms with Gasteiger partial charge in [-0.1, -0.05) is 24.3 Å². The first-order valence-electron chi connectivity index (χ1n) is 9.41. The summed E-state index contributed by atoms with van der Waals surface area (Å²) in [5.41, 5.74) is 5.25. The van der Waals surface area contributed by atoms with Gasteiger partial charge in [-0.15, -0.1) is 0 Å². The molecule has 0 saturated carbocycles. The molecule has 3 heterocycles. The van der Waals surface area contributed by atoms with E-state index in [9.17, 15) is 4.39 Å². The van der Waals surface area contributed by atoms with Crippen LogP contribution in [0.4, 0.5) is 4.39 Å². The molecule has 1 aliphatic rings. The molecule has 5 nitrogen and oxygen atoms in total. The summed E-state index contributed by atoms with van der Waals surface area (Å²) >= 11 is 0. The van der Waals surface area contributed by atoms with Crippen LogP contribution >= 0.6 is 0 Å². The van der Waals surface area contributed by atoms with Gasteiger partial charge in [-0.3, -0.25) is 4.90 Å². The quantitative estimate of drug-likeness (QED) is 0.584. The lowest BCUT2D eigenvalue weighted by atomic mass is 9.99. The maximum atomic E-state index is 13.4. The zero-order valence-electron chi connectivity index (χ0n) is 15.3. The Morgan fingerprint density at radius 2 is 2.00 bits per heavy atom. The molecular formula is C22H20FN5. The lowest BCUT2D eigenvalue weighted by molar-refractivity contribution is 0.290. The topological polar surface area (TPSA) is 49.7 Å². The summed E-state index contributed by atoms with van der Waals surface area (Å²) in [6.07, 6.45) is 7.03. The summed E-state index contributed by atoms with van der Waals surface area (Å²) in [6.45, 7) is 2.59. The summed E-state index contributed by atoms with van der Waals surface area (Å²) in [6, 6.07) is 14.8. The number of aromatic amines is 1. The van der Waals surface area contributed by atoms with E-state index in [0.717, 1.165) is 48.3 Å². The van der Waals surface area contributed by atoms with E-state index in [4.69, 9.17) is 0 Å². The Bertz CT molecular complexity index is 1140. The van der Waals surface area contributed by atoms with E-state index in [0.29, 0.717) is 0 Å². The highest BCUT2D eigenvalue weighted by Gasteiger charge is 2.17. The zero-order chi connectivity index (χ0) is 18.9. The molecular weight excluding hydrogens is 353 g/mol. The normalized spacial score (nSPS) is 15.1. The zero-order valence-corrected chi connectivity index (χ0v) is 15.3. The SMILES string of the molecule is Fc1ccc2c(C3=CCN(Cc4cnn(-c5ccccc5)n4)CC3)c[nH]c2c1. The van der Waals surface area contributed by atoms with Gasteiger partial charge in [0, 0.05) is 42.3 Å². The van der Waals surface area contributed by atoms with Crippen LogP contribution in [0.3, 0.4) is 0 Å². The van der Waals surface area contributed by atoms with Crippen molar-refractivity contribution >= 4 is 16.5 Å². The molecule has 0 aliphatic carbocycles. The van der Waals surface area contributed by atoms with Crippen LogP contribution in [-0.4, -0.2) is 38.0 Å². The smallest absolute Gasteiger partial charge is 0.125 e. The van der Waals surface area contributed by atoms with Crippen LogP contribution in [0.25, 0.3) is 22.2 Å². The van der Waals surface area contributed by atoms with Crippen molar-refractivity contribution in [3.05, 3.63) is 84.1 Å². The third kappa shape index (κ3) is 3.23. The van der Waals surface area contributed by atoms with E-state index in [1.165, 1.54) is 17.2 Å². The minimum absolute atomic E-state index is 0.215. The fraction of sp³-hybridized carbons (Fsp3) is 0.182. The van der Waals surface area contributed by atoms with Gasteiger partial charge in [-0.2, -0.15) is 15.0 Å². The molecule has 140 valence electrons. The van der Waals surface area contributed by atoms with Gasteiger partial charge in [0.1, 0.15) is 5.82 Å². The van der Waals surface area contributed by atoms with Gasteiger partial charge in [-0.25, -0.2) is 4.39 Å². The fourth-order valence-electron chi connectivity index (χ4n) is 3.75. The summed E-state index contributed by atoms with van der Waals surface area (Å²) in [7, 11) is 0. The van der Waals surface area contributed by atoms with Crippen molar-refractivity contribution in [3.63, 3.8) is 0 Å². The average Bonchev–Trinajstić information content (AvgIpc) is 3.36. The molecule has 0 atom stereocenters. The summed E-state index contributed by atoms with van der Waals surface area (Å²) in [5, 5.41) is 10.0. The lowest BCUT2D eigenvalue weighted by Crippen LogP contribution is -2.28. The molecule has 0 amide bonds. The predicted molar refractivity (Wildman–Crippen MR) is 107 cm³/mol. The van der Waals surface area contributed by atoms with Crippen molar-refractivity contribution in [2.24, 2.45) is 0 Å². The van der Waals surface area contributed by atoms with E-state index < -0.39 is 0 Å². The van der Waals surface area contributed by atoms with Gasteiger partial charge in [0.25, 0.3) is 0 Å². The van der Waals surface area contributed by atoms with Crippen LogP contribution in [-0.2, 0) is 6.54 Å². The van der Waals surface area contributed by atoms with E-state index in [1.54, 1.807) is 10.9 Å². The van der Waals surface area contributed by atoms with Crippen LogP contribution in [0, 0.1) is 5.82 Å². The highest BCUT2D eigenvalue weighted by molar-refractivity contribution is 5.92. The second-order valence-electron chi connectivity index (χ2n) is 7.07. The third-order valence-corrected chi connectivity index (χ3v) is 5.20. The number of nitrogens with one attached hydrogen (secondary N) is 1. The second-order valence-corrected chi connectivity index (χ2v) is 7.07. The standard InChI is InChI=1S/C22H20FN5/c23-17-6-7-20-21(14-24-22(20)12-17)16-8-10-27(11-9-16)15-18-13-25-28(26-18)19-4-2-1-3-5-19/h1-8,12-14,24H,9-11,15H2. The number of fused-ring (bicyclic) bond motifs is 1. The van der Waals surface area contributed by atoms with Crippen LogP contribution < -0.4 is 0 Å². The van der Waals surface area contributed by atoms with Crippen molar-refractivity contribution in [1.82, 2.24) is 24.9 Å². The first-order valence-corrected chi connectivity index (χ1v) is 9.41. The van der Waals surface area contributed by atoms with Gasteiger partial charge < -0.3 is 4.98 Å². The van der Waals surface area contributed by atoms with E-state index in [-0.39, 0.29) is 5.82 Å². The third-order valence-electron chi connectivity index (χ3n) is 5.20. The molecule has 0 bridgehead atoms. The maximum Gasteiger partial charge on any atom is 0.125 e. The minimum atomic E-state index is -0.215. The van der Waals surface area contributed by atoms with Gasteiger partial charge in [0.2, 0.25) is 0 Å². The average molecular weight is 373 g/mol. The van der Waals surface area contributed by atoms with Crippen molar-refractivity contribution in [2.45, 2.75) is 13.0 Å². The van der Waals surface area contributed by atoms with Gasteiger partial charge >= 0.3 is 0 Å². The first-order chi connectivity index (χ1) is 13.8. The van der Waals surface area contributed by atoms with E-state index >= 15 is 0 Å². The van der Waals surface area contributed by atoms with Crippen LogP contribution in [0.2, 0.25) is 0 Å². The number of hydrogen-bond donors (Lipinski definition) is 1. The number of para-hydroxylation sites is 1. The van der Waals surface area contributed by atoms with Crippen LogP contribution in [0.5, 0.6) is 0 Å². The van der Waals surface area contributed by atoms with Gasteiger partial charge in [0.15, 0.2) is 0 Å². The molecule has 2 aromatic carbocycles. The molecule has 0 radical (unpaired) electrons. The largest absolute Gasteiger partial charge is 0.360 e. The first kappa shape index (κ1) is 16.9. The predicted octanol–water partition coefficient (Wildman–Crippen LogP) is 4.18. The van der Waals surface area contributed by atoms with Crippen LogP contribution in [0.15, 0.2) is 67.0 Å². The van der Waals surface area contributed by atoms with Crippen molar-refractivity contribution in [1.29, 1.82) is 0 Å². The van der Waals surface area contributed by atoms with Crippen LogP contribution in [0.1, 0.15) is 17.7 Å². The number of aromatic nitrogens is 4. The molecule has 6 heteroatoms. The Morgan fingerprint density at radius 3 is 2.82 bits per heavy atom. The Labute approximate surface area is 162 Å². The Kier molecular flexibility index (Phi) is 4.25. The highest BCUT2D eigenvalue weighted by atomic mass is 19.1. The highest BCUT2D eigenvalue weighted by Crippen LogP contribution is 2.29. The fourth-order valence-corrected chi connectivity index (χ4v) is 3.75. The number of halogens is 1. The molecule has 0 saturated heterocycles. The van der Waals surface area contributed by atoms with Gasteiger partial charge in [0.05, 0.1) is 17.6 Å². The summed E-state index contributed by atoms with van der Waals surface area (Å²) in [4.78, 5) is 7.21. The molecule has 28 heavy (non-hydrogen) atoms. The molecule has 1 N–H and O–H groups in total. The molecule has 0 spiro atoms. The second kappa shape index (κ2) is 7.05. The van der Waals surface area contributed by atoms with Crippen molar-refractivity contribution in [2.75, 3.05) is 13.1 Å². The van der Waals surface area contributed by atoms with E-state index in [2.05, 4.69) is 26.2 Å². The number of benzene rings is 2. The summed E-state index contributed by atoms with van der Waals surface area (Å²) in [5.74, 6) is -0.215. The Morgan fingerprint density at radius 1 is 1.11 bits per heavy atom.